The Hall–Kier alpha value is -2.82. The van der Waals surface area contributed by atoms with Crippen molar-refractivity contribution in [3.8, 4) is 5.75 Å². The van der Waals surface area contributed by atoms with Crippen LogP contribution in [0.15, 0.2) is 48.7 Å². The van der Waals surface area contributed by atoms with Gasteiger partial charge < -0.3 is 9.47 Å². The molecule has 5 heteroatoms. The molecule has 3 aromatic rings. The van der Waals surface area contributed by atoms with E-state index < -0.39 is 0 Å². The number of carbonyl (C=O) groups excluding carboxylic acids is 1. The Labute approximate surface area is 134 Å². The summed E-state index contributed by atoms with van der Waals surface area (Å²) in [7, 11) is 1.37. The highest BCUT2D eigenvalue weighted by Crippen LogP contribution is 2.25. The highest BCUT2D eigenvalue weighted by Gasteiger charge is 2.15. The third-order valence-corrected chi connectivity index (χ3v) is 3.64. The summed E-state index contributed by atoms with van der Waals surface area (Å²) in [6, 6.07) is 13.8. The molecular formula is C18H18N2O3. The van der Waals surface area contributed by atoms with E-state index in [-0.39, 0.29) is 12.4 Å². The molecule has 0 aliphatic rings. The van der Waals surface area contributed by atoms with Gasteiger partial charge in [0.1, 0.15) is 30.1 Å². The van der Waals surface area contributed by atoms with Crippen molar-refractivity contribution in [2.75, 3.05) is 7.11 Å². The lowest BCUT2D eigenvalue weighted by atomic mass is 10.2. The van der Waals surface area contributed by atoms with E-state index in [0.717, 1.165) is 22.5 Å². The first-order valence-electron chi connectivity index (χ1n) is 7.39. The van der Waals surface area contributed by atoms with Gasteiger partial charge in [-0.2, -0.15) is 0 Å². The van der Waals surface area contributed by atoms with Gasteiger partial charge in [-0.15, -0.1) is 0 Å². The topological polar surface area (TPSA) is 52.8 Å². The molecule has 2 aromatic heterocycles. The molecule has 0 saturated carbocycles. The number of methoxy groups -OCH3 is 1. The number of carbonyl (C=O) groups is 1. The Balaban J connectivity index is 1.91. The second-order valence-electron chi connectivity index (χ2n) is 5.23. The van der Waals surface area contributed by atoms with Crippen LogP contribution in [-0.4, -0.2) is 22.5 Å². The van der Waals surface area contributed by atoms with Crippen molar-refractivity contribution in [3.05, 3.63) is 65.7 Å². The molecule has 0 amide bonds. The van der Waals surface area contributed by atoms with Crippen LogP contribution in [0, 0.1) is 6.92 Å². The van der Waals surface area contributed by atoms with E-state index in [1.165, 1.54) is 7.11 Å². The lowest BCUT2D eigenvalue weighted by Crippen LogP contribution is -2.08. The van der Waals surface area contributed by atoms with Gasteiger partial charge >= 0.3 is 5.97 Å². The monoisotopic (exact) mass is 310 g/mol. The maximum absolute atomic E-state index is 11.5. The number of rotatable bonds is 5. The van der Waals surface area contributed by atoms with Gasteiger partial charge in [-0.3, -0.25) is 9.20 Å². The number of benzene rings is 1. The quantitative estimate of drug-likeness (QED) is 0.680. The molecule has 0 N–H and O–H groups in total. The SMILES string of the molecule is COC(=O)Cc1nc(C)c2c(OCc3ccccc3)cccn12. The number of esters is 1. The van der Waals surface area contributed by atoms with Crippen molar-refractivity contribution in [2.45, 2.75) is 20.0 Å². The van der Waals surface area contributed by atoms with Crippen LogP contribution in [0.1, 0.15) is 17.1 Å². The molecule has 2 heterocycles. The molecule has 0 saturated heterocycles. The predicted molar refractivity (Wildman–Crippen MR) is 86.4 cm³/mol. The van der Waals surface area contributed by atoms with Crippen molar-refractivity contribution < 1.29 is 14.3 Å². The largest absolute Gasteiger partial charge is 0.487 e. The van der Waals surface area contributed by atoms with E-state index >= 15 is 0 Å². The zero-order valence-electron chi connectivity index (χ0n) is 13.2. The maximum atomic E-state index is 11.5. The first kappa shape index (κ1) is 15.1. The Bertz CT molecular complexity index is 825. The Morgan fingerprint density at radius 3 is 2.70 bits per heavy atom. The van der Waals surface area contributed by atoms with Gasteiger partial charge in [0.05, 0.1) is 12.8 Å². The smallest absolute Gasteiger partial charge is 0.313 e. The molecule has 0 aliphatic heterocycles. The van der Waals surface area contributed by atoms with Crippen molar-refractivity contribution in [1.29, 1.82) is 0 Å². The summed E-state index contributed by atoms with van der Waals surface area (Å²) in [5, 5.41) is 0. The first-order chi connectivity index (χ1) is 11.2. The van der Waals surface area contributed by atoms with Gasteiger partial charge in [-0.05, 0) is 24.6 Å². The third kappa shape index (κ3) is 3.18. The van der Waals surface area contributed by atoms with Gasteiger partial charge in [-0.25, -0.2) is 4.98 Å². The fourth-order valence-corrected chi connectivity index (χ4v) is 2.53. The van der Waals surface area contributed by atoms with Crippen molar-refractivity contribution in [2.24, 2.45) is 0 Å². The summed E-state index contributed by atoms with van der Waals surface area (Å²) >= 11 is 0. The van der Waals surface area contributed by atoms with E-state index in [9.17, 15) is 4.79 Å². The Morgan fingerprint density at radius 1 is 1.17 bits per heavy atom. The number of fused-ring (bicyclic) bond motifs is 1. The Kier molecular flexibility index (Phi) is 4.28. The van der Waals surface area contributed by atoms with E-state index in [2.05, 4.69) is 4.98 Å². The number of pyridine rings is 1. The predicted octanol–water partition coefficient (Wildman–Crippen LogP) is 2.94. The van der Waals surface area contributed by atoms with E-state index in [1.807, 2.05) is 60.0 Å². The molecule has 23 heavy (non-hydrogen) atoms. The summed E-state index contributed by atoms with van der Waals surface area (Å²) in [5.74, 6) is 1.08. The number of imidazole rings is 1. The second-order valence-corrected chi connectivity index (χ2v) is 5.23. The average Bonchev–Trinajstić information content (AvgIpc) is 2.90. The summed E-state index contributed by atoms with van der Waals surface area (Å²) < 4.78 is 12.6. The molecule has 5 nitrogen and oxygen atoms in total. The van der Waals surface area contributed by atoms with Crippen molar-refractivity contribution in [1.82, 2.24) is 9.38 Å². The molecule has 0 aliphatic carbocycles. The van der Waals surface area contributed by atoms with Crippen LogP contribution in [-0.2, 0) is 22.6 Å². The van der Waals surface area contributed by atoms with E-state index in [0.29, 0.717) is 12.4 Å². The van der Waals surface area contributed by atoms with E-state index in [4.69, 9.17) is 9.47 Å². The third-order valence-electron chi connectivity index (χ3n) is 3.64. The Morgan fingerprint density at radius 2 is 1.96 bits per heavy atom. The lowest BCUT2D eigenvalue weighted by molar-refractivity contribution is -0.139. The van der Waals surface area contributed by atoms with Gasteiger partial charge in [0.15, 0.2) is 0 Å². The molecule has 0 spiro atoms. The standard InChI is InChI=1S/C18H18N2O3/c1-13-18-15(23-12-14-7-4-3-5-8-14)9-6-10-20(18)16(19-13)11-17(21)22-2/h3-10H,11-12H2,1-2H3. The fourth-order valence-electron chi connectivity index (χ4n) is 2.53. The number of aryl methyl sites for hydroxylation is 1. The van der Waals surface area contributed by atoms with Gasteiger partial charge in [0.25, 0.3) is 0 Å². The van der Waals surface area contributed by atoms with E-state index in [1.54, 1.807) is 0 Å². The zero-order valence-corrected chi connectivity index (χ0v) is 13.2. The van der Waals surface area contributed by atoms with Crippen LogP contribution in [0.3, 0.4) is 0 Å². The van der Waals surface area contributed by atoms with Gasteiger partial charge in [0, 0.05) is 6.20 Å². The summed E-state index contributed by atoms with van der Waals surface area (Å²) in [6.45, 7) is 2.39. The normalized spacial score (nSPS) is 10.7. The van der Waals surface area contributed by atoms with Crippen LogP contribution >= 0.6 is 0 Å². The number of hydrogen-bond acceptors (Lipinski definition) is 4. The van der Waals surface area contributed by atoms with Crippen LogP contribution in [0.2, 0.25) is 0 Å². The molecule has 118 valence electrons. The van der Waals surface area contributed by atoms with Crippen LogP contribution in [0.25, 0.3) is 5.52 Å². The summed E-state index contributed by atoms with van der Waals surface area (Å²) in [5.41, 5.74) is 2.80. The molecule has 0 bridgehead atoms. The second kappa shape index (κ2) is 6.52. The first-order valence-corrected chi connectivity index (χ1v) is 7.39. The highest BCUT2D eigenvalue weighted by atomic mass is 16.5. The lowest BCUT2D eigenvalue weighted by Gasteiger charge is -2.09. The minimum absolute atomic E-state index is 0.133. The molecule has 1 aromatic carbocycles. The highest BCUT2D eigenvalue weighted by molar-refractivity contribution is 5.73. The molecule has 0 atom stereocenters. The number of nitrogens with zero attached hydrogens (tertiary/aromatic N) is 2. The molecule has 0 fully saturated rings. The van der Waals surface area contributed by atoms with Crippen molar-refractivity contribution in [3.63, 3.8) is 0 Å². The average molecular weight is 310 g/mol. The number of ether oxygens (including phenoxy) is 2. The maximum Gasteiger partial charge on any atom is 0.313 e. The minimum atomic E-state index is -0.312. The fraction of sp³-hybridized carbons (Fsp3) is 0.222. The van der Waals surface area contributed by atoms with Crippen LogP contribution in [0.4, 0.5) is 0 Å². The number of hydrogen-bond donors (Lipinski definition) is 0. The van der Waals surface area contributed by atoms with Gasteiger partial charge in [0.2, 0.25) is 0 Å². The van der Waals surface area contributed by atoms with Crippen molar-refractivity contribution >= 4 is 11.5 Å². The summed E-state index contributed by atoms with van der Waals surface area (Å²) in [6.07, 6.45) is 2.01. The molecule has 0 radical (unpaired) electrons. The molecule has 3 rings (SSSR count). The number of aromatic nitrogens is 2. The van der Waals surface area contributed by atoms with Crippen LogP contribution in [0.5, 0.6) is 5.75 Å². The molecule has 0 unspecified atom stereocenters. The zero-order chi connectivity index (χ0) is 16.2. The van der Waals surface area contributed by atoms with Gasteiger partial charge in [-0.1, -0.05) is 30.3 Å². The molecular weight excluding hydrogens is 292 g/mol. The van der Waals surface area contributed by atoms with Crippen LogP contribution < -0.4 is 4.74 Å². The summed E-state index contributed by atoms with van der Waals surface area (Å²) in [4.78, 5) is 16.0. The minimum Gasteiger partial charge on any atom is -0.487 e.